The molecule has 17 heavy (non-hydrogen) atoms. The van der Waals surface area contributed by atoms with E-state index in [0.29, 0.717) is 0 Å². The van der Waals surface area contributed by atoms with Gasteiger partial charge in [0.15, 0.2) is 0 Å². The van der Waals surface area contributed by atoms with Gasteiger partial charge in [-0.15, -0.1) is 11.3 Å². The van der Waals surface area contributed by atoms with Crippen LogP contribution in [-0.2, 0) is 12.2 Å². The summed E-state index contributed by atoms with van der Waals surface area (Å²) in [5.74, 6) is 3.19. The fraction of sp³-hybridized carbons (Fsp3) is 0.714. The lowest BCUT2D eigenvalue weighted by Gasteiger charge is -2.13. The molecule has 1 nitrogen and oxygen atoms in total. The van der Waals surface area contributed by atoms with Crippen LogP contribution in [0.5, 0.6) is 0 Å². The monoisotopic (exact) mass is 268 g/mol. The van der Waals surface area contributed by atoms with Gasteiger partial charge in [-0.3, -0.25) is 0 Å². The van der Waals surface area contributed by atoms with Crippen molar-refractivity contribution in [3.05, 3.63) is 21.4 Å². The number of thiophene rings is 1. The molecule has 1 atom stereocenters. The number of hydrogen-bond acceptors (Lipinski definition) is 3. The minimum absolute atomic E-state index is 0.196. The number of hydrogen-bond donors (Lipinski definition) is 1. The zero-order valence-corrected chi connectivity index (χ0v) is 11.8. The highest BCUT2D eigenvalue weighted by atomic mass is 32.2. The molecule has 1 aromatic rings. The molecule has 0 radical (unpaired) electrons. The van der Waals surface area contributed by atoms with Crippen molar-refractivity contribution in [2.24, 2.45) is 5.92 Å². The number of aliphatic hydroxyl groups excluding tert-OH is 1. The maximum atomic E-state index is 10.3. The van der Waals surface area contributed by atoms with Crippen LogP contribution < -0.4 is 0 Å². The van der Waals surface area contributed by atoms with Crippen molar-refractivity contribution in [1.82, 2.24) is 0 Å². The molecule has 1 unspecified atom stereocenters. The van der Waals surface area contributed by atoms with E-state index in [4.69, 9.17) is 0 Å². The lowest BCUT2D eigenvalue weighted by atomic mass is 9.99. The molecule has 1 saturated carbocycles. The van der Waals surface area contributed by atoms with Gasteiger partial charge >= 0.3 is 0 Å². The third-order valence-corrected chi connectivity index (χ3v) is 6.35. The van der Waals surface area contributed by atoms with Crippen LogP contribution in [0.1, 0.15) is 53.5 Å². The summed E-state index contributed by atoms with van der Waals surface area (Å²) in [5, 5.41) is 10.3. The summed E-state index contributed by atoms with van der Waals surface area (Å²) in [7, 11) is 0. The fourth-order valence-corrected chi connectivity index (χ4v) is 5.39. The summed E-state index contributed by atoms with van der Waals surface area (Å²) in [6, 6.07) is 2.27. The van der Waals surface area contributed by atoms with Crippen LogP contribution in [0.15, 0.2) is 6.07 Å². The molecule has 0 aromatic carbocycles. The zero-order chi connectivity index (χ0) is 11.7. The third kappa shape index (κ3) is 2.72. The smallest absolute Gasteiger partial charge is 0.0884 e. The van der Waals surface area contributed by atoms with Crippen molar-refractivity contribution >= 4 is 23.1 Å². The molecule has 1 aliphatic carbocycles. The molecule has 3 heteroatoms. The zero-order valence-electron chi connectivity index (χ0n) is 10.2. The molecule has 0 amide bonds. The molecular formula is C14H20OS2. The first-order valence-corrected chi connectivity index (χ1v) is 8.67. The highest BCUT2D eigenvalue weighted by Gasteiger charge is 2.22. The van der Waals surface area contributed by atoms with Gasteiger partial charge in [0.1, 0.15) is 0 Å². The quantitative estimate of drug-likeness (QED) is 0.888. The molecule has 1 N–H and O–H groups in total. The van der Waals surface area contributed by atoms with E-state index in [1.54, 1.807) is 0 Å². The van der Waals surface area contributed by atoms with Crippen molar-refractivity contribution < 1.29 is 5.11 Å². The maximum Gasteiger partial charge on any atom is 0.0884 e. The molecule has 2 aliphatic rings. The highest BCUT2D eigenvalue weighted by molar-refractivity contribution is 7.98. The Balaban J connectivity index is 1.67. The van der Waals surface area contributed by atoms with E-state index in [2.05, 4.69) is 6.07 Å². The molecule has 2 heterocycles. The van der Waals surface area contributed by atoms with Crippen LogP contribution in [0.25, 0.3) is 0 Å². The van der Waals surface area contributed by atoms with Gasteiger partial charge in [-0.05, 0) is 36.1 Å². The van der Waals surface area contributed by atoms with Crippen LogP contribution in [0.2, 0.25) is 0 Å². The van der Waals surface area contributed by atoms with E-state index in [9.17, 15) is 5.11 Å². The van der Waals surface area contributed by atoms with Crippen LogP contribution in [0, 0.1) is 5.92 Å². The lowest BCUT2D eigenvalue weighted by molar-refractivity contribution is 0.148. The lowest BCUT2D eigenvalue weighted by Crippen LogP contribution is -2.02. The van der Waals surface area contributed by atoms with Gasteiger partial charge in [-0.25, -0.2) is 0 Å². The van der Waals surface area contributed by atoms with E-state index in [-0.39, 0.29) is 6.10 Å². The van der Waals surface area contributed by atoms with Gasteiger partial charge < -0.3 is 5.11 Å². The molecular weight excluding hydrogens is 248 g/mol. The van der Waals surface area contributed by atoms with Crippen molar-refractivity contribution in [3.63, 3.8) is 0 Å². The average molecular weight is 268 g/mol. The Kier molecular flexibility index (Phi) is 3.78. The molecule has 0 saturated heterocycles. The van der Waals surface area contributed by atoms with Crippen LogP contribution >= 0.6 is 23.1 Å². The summed E-state index contributed by atoms with van der Waals surface area (Å²) in [6.07, 6.45) is 7.41. The first-order valence-electron chi connectivity index (χ1n) is 6.70. The molecule has 1 aromatic heterocycles. The Morgan fingerprint density at radius 3 is 2.94 bits per heavy atom. The summed E-state index contributed by atoms with van der Waals surface area (Å²) in [4.78, 5) is 2.76. The predicted octanol–water partition coefficient (Wildman–Crippen LogP) is 4.15. The Labute approximate surface area is 112 Å². The van der Waals surface area contributed by atoms with Gasteiger partial charge in [0.25, 0.3) is 0 Å². The Morgan fingerprint density at radius 2 is 2.18 bits per heavy atom. The molecule has 3 rings (SSSR count). The number of rotatable bonds is 3. The Bertz CT molecular complexity index is 356. The number of fused-ring (bicyclic) bond motifs is 1. The summed E-state index contributed by atoms with van der Waals surface area (Å²) in [5.41, 5.74) is 1.49. The molecule has 1 fully saturated rings. The van der Waals surface area contributed by atoms with Crippen molar-refractivity contribution in [3.8, 4) is 0 Å². The number of aliphatic hydroxyl groups is 1. The molecule has 1 aliphatic heterocycles. The minimum Gasteiger partial charge on any atom is -0.388 e. The van der Waals surface area contributed by atoms with Gasteiger partial charge in [0.2, 0.25) is 0 Å². The molecule has 0 bridgehead atoms. The molecule has 94 valence electrons. The molecule has 0 spiro atoms. The van der Waals surface area contributed by atoms with Crippen molar-refractivity contribution in [2.75, 3.05) is 5.75 Å². The van der Waals surface area contributed by atoms with Gasteiger partial charge in [-0.2, -0.15) is 11.8 Å². The first-order chi connectivity index (χ1) is 8.33. The number of aryl methyl sites for hydroxylation is 1. The Morgan fingerprint density at radius 1 is 1.35 bits per heavy atom. The third-order valence-electron chi connectivity index (χ3n) is 4.01. The Hall–Kier alpha value is 0.01000. The summed E-state index contributed by atoms with van der Waals surface area (Å²) < 4.78 is 0. The largest absolute Gasteiger partial charge is 0.388 e. The summed E-state index contributed by atoms with van der Waals surface area (Å²) >= 11 is 3.88. The van der Waals surface area contributed by atoms with E-state index in [0.717, 1.165) is 18.1 Å². The van der Waals surface area contributed by atoms with E-state index < -0.39 is 0 Å². The maximum absolute atomic E-state index is 10.3. The summed E-state index contributed by atoms with van der Waals surface area (Å²) in [6.45, 7) is 0. The fourth-order valence-electron chi connectivity index (χ4n) is 3.01. The second-order valence-corrected chi connectivity index (χ2v) is 7.58. The van der Waals surface area contributed by atoms with Crippen LogP contribution in [-0.4, -0.2) is 10.9 Å². The van der Waals surface area contributed by atoms with Crippen LogP contribution in [0.4, 0.5) is 0 Å². The van der Waals surface area contributed by atoms with E-state index in [1.165, 1.54) is 53.2 Å². The number of thioether (sulfide) groups is 1. The standard InChI is InChI=1S/C14H20OS2/c15-12(7-10-3-1-2-4-10)14-8-11-9-16-6-5-13(11)17-14/h8,10,12,15H,1-7,9H2. The van der Waals surface area contributed by atoms with E-state index >= 15 is 0 Å². The second-order valence-electron chi connectivity index (χ2n) is 5.30. The SMILES string of the molecule is OC(CC1CCCC1)c1cc2c(s1)CCSC2. The normalized spacial score (nSPS) is 22.6. The van der Waals surface area contributed by atoms with Gasteiger partial charge in [-0.1, -0.05) is 25.7 Å². The van der Waals surface area contributed by atoms with Crippen molar-refractivity contribution in [1.29, 1.82) is 0 Å². The minimum atomic E-state index is -0.196. The predicted molar refractivity (Wildman–Crippen MR) is 75.7 cm³/mol. The van der Waals surface area contributed by atoms with Gasteiger partial charge in [0.05, 0.1) is 6.10 Å². The van der Waals surface area contributed by atoms with E-state index in [1.807, 2.05) is 23.1 Å². The first kappa shape index (κ1) is 12.1. The highest BCUT2D eigenvalue weighted by Crippen LogP contribution is 2.38. The van der Waals surface area contributed by atoms with Gasteiger partial charge in [0, 0.05) is 15.5 Å². The van der Waals surface area contributed by atoms with Crippen LogP contribution in [0.3, 0.4) is 0 Å². The topological polar surface area (TPSA) is 20.2 Å². The average Bonchev–Trinajstić information content (AvgIpc) is 2.96. The van der Waals surface area contributed by atoms with Crippen molar-refractivity contribution in [2.45, 2.75) is 50.4 Å². The second kappa shape index (κ2) is 5.33.